The molecule has 0 aliphatic carbocycles. The Morgan fingerprint density at radius 1 is 1.06 bits per heavy atom. The Morgan fingerprint density at radius 3 is 2.23 bits per heavy atom. The van der Waals surface area contributed by atoms with E-state index in [-0.39, 0.29) is 36.4 Å². The minimum absolute atomic E-state index is 0.0246. The van der Waals surface area contributed by atoms with Gasteiger partial charge in [0.15, 0.2) is 0 Å². The van der Waals surface area contributed by atoms with Crippen LogP contribution < -0.4 is 0 Å². The molecule has 0 radical (unpaired) electrons. The van der Waals surface area contributed by atoms with Crippen LogP contribution in [0.2, 0.25) is 0 Å². The van der Waals surface area contributed by atoms with Gasteiger partial charge in [-0.15, -0.1) is 0 Å². The molecule has 3 rings (SSSR count). The molecule has 1 heterocycles. The number of amides is 1. The molecule has 1 aliphatic heterocycles. The number of aryl methyl sites for hydroxylation is 1. The van der Waals surface area contributed by atoms with Gasteiger partial charge < -0.3 is 15.1 Å². The van der Waals surface area contributed by atoms with Crippen molar-refractivity contribution in [2.75, 3.05) is 6.54 Å². The largest absolute Gasteiger partial charge is 0.507 e. The molecular weight excluding hydrogens is 404 g/mol. The molecule has 160 valence electrons. The van der Waals surface area contributed by atoms with Gasteiger partial charge in [-0.05, 0) is 31.0 Å². The lowest BCUT2D eigenvalue weighted by Gasteiger charge is -2.25. The standard InChI is InChI=1S/C22H20N2O7/c1-13-4-6-15(7-5-13)20(27)18-19(14-8-10-16(11-9-14)24(30)31)23(22(29)21(18)28)12-2-3-17(25)26/h4-11,19,27H,2-3,12H2,1H3,(H,25,26)/t19-/m1/s1. The zero-order valence-electron chi connectivity index (χ0n) is 16.6. The zero-order chi connectivity index (χ0) is 22.7. The number of ketones is 1. The number of carboxylic acids is 1. The molecule has 0 unspecified atom stereocenters. The smallest absolute Gasteiger partial charge is 0.303 e. The van der Waals surface area contributed by atoms with E-state index in [9.17, 15) is 29.6 Å². The van der Waals surface area contributed by atoms with Gasteiger partial charge in [0.25, 0.3) is 17.4 Å². The maximum atomic E-state index is 12.8. The van der Waals surface area contributed by atoms with E-state index in [2.05, 4.69) is 0 Å². The first-order valence-corrected chi connectivity index (χ1v) is 9.52. The number of benzene rings is 2. The molecule has 1 fully saturated rings. The van der Waals surface area contributed by atoms with Crippen molar-refractivity contribution in [2.45, 2.75) is 25.8 Å². The highest BCUT2D eigenvalue weighted by Crippen LogP contribution is 2.40. The highest BCUT2D eigenvalue weighted by atomic mass is 16.6. The van der Waals surface area contributed by atoms with E-state index in [0.29, 0.717) is 11.1 Å². The molecule has 31 heavy (non-hydrogen) atoms. The number of carbonyl (C=O) groups is 3. The molecule has 9 nitrogen and oxygen atoms in total. The van der Waals surface area contributed by atoms with Crippen LogP contribution in [0.1, 0.15) is 35.6 Å². The maximum absolute atomic E-state index is 12.8. The predicted octanol–water partition coefficient (Wildman–Crippen LogP) is 3.19. The van der Waals surface area contributed by atoms with Gasteiger partial charge in [-0.3, -0.25) is 24.5 Å². The minimum atomic E-state index is -1.04. The number of nitro benzene ring substituents is 1. The van der Waals surface area contributed by atoms with Gasteiger partial charge in [0.1, 0.15) is 5.76 Å². The molecule has 2 aromatic rings. The second-order valence-corrected chi connectivity index (χ2v) is 7.20. The molecular formula is C22H20N2O7. The van der Waals surface area contributed by atoms with Crippen molar-refractivity contribution in [2.24, 2.45) is 0 Å². The monoisotopic (exact) mass is 424 g/mol. The van der Waals surface area contributed by atoms with Gasteiger partial charge >= 0.3 is 5.97 Å². The van der Waals surface area contributed by atoms with Gasteiger partial charge in [-0.2, -0.15) is 0 Å². The van der Waals surface area contributed by atoms with Crippen LogP contribution in [0.25, 0.3) is 5.76 Å². The molecule has 0 bridgehead atoms. The number of aliphatic hydroxyl groups is 1. The van der Waals surface area contributed by atoms with Crippen molar-refractivity contribution in [3.63, 3.8) is 0 Å². The van der Waals surface area contributed by atoms with E-state index in [1.54, 1.807) is 24.3 Å². The number of carbonyl (C=O) groups excluding carboxylic acids is 2. The molecule has 1 saturated heterocycles. The summed E-state index contributed by atoms with van der Waals surface area (Å²) in [6.07, 6.45) is -0.0929. The van der Waals surface area contributed by atoms with E-state index >= 15 is 0 Å². The number of nitrogens with zero attached hydrogens (tertiary/aromatic N) is 2. The van der Waals surface area contributed by atoms with E-state index in [4.69, 9.17) is 5.11 Å². The fourth-order valence-corrected chi connectivity index (χ4v) is 3.50. The Morgan fingerprint density at radius 2 is 1.68 bits per heavy atom. The van der Waals surface area contributed by atoms with Crippen LogP contribution >= 0.6 is 0 Å². The van der Waals surface area contributed by atoms with Crippen molar-refractivity contribution in [3.05, 3.63) is 80.9 Å². The Hall–Kier alpha value is -4.01. The molecule has 2 N–H and O–H groups in total. The molecule has 1 aliphatic rings. The third kappa shape index (κ3) is 4.45. The number of carboxylic acid groups (broad SMARTS) is 1. The van der Waals surface area contributed by atoms with Crippen LogP contribution in [0.4, 0.5) is 5.69 Å². The van der Waals surface area contributed by atoms with Crippen LogP contribution in [-0.2, 0) is 14.4 Å². The molecule has 0 saturated carbocycles. The SMILES string of the molecule is Cc1ccc(C(O)=C2C(=O)C(=O)N(CCCC(=O)O)[C@@H]2c2ccc([N+](=O)[O-])cc2)cc1. The van der Waals surface area contributed by atoms with E-state index in [1.165, 1.54) is 29.2 Å². The number of hydrogen-bond acceptors (Lipinski definition) is 6. The summed E-state index contributed by atoms with van der Waals surface area (Å²) in [5, 5.41) is 30.8. The lowest BCUT2D eigenvalue weighted by molar-refractivity contribution is -0.384. The van der Waals surface area contributed by atoms with E-state index in [0.717, 1.165) is 5.56 Å². The van der Waals surface area contributed by atoms with Crippen LogP contribution in [0, 0.1) is 17.0 Å². The molecule has 1 amide bonds. The van der Waals surface area contributed by atoms with Crippen molar-refractivity contribution < 1.29 is 29.5 Å². The van der Waals surface area contributed by atoms with Crippen LogP contribution in [0.3, 0.4) is 0 Å². The number of nitro groups is 1. The average Bonchev–Trinajstić information content (AvgIpc) is 2.98. The second-order valence-electron chi connectivity index (χ2n) is 7.20. The lowest BCUT2D eigenvalue weighted by Crippen LogP contribution is -2.31. The number of aliphatic hydroxyl groups excluding tert-OH is 1. The number of hydrogen-bond donors (Lipinski definition) is 2. The molecule has 1 atom stereocenters. The molecule has 0 spiro atoms. The fraction of sp³-hybridized carbons (Fsp3) is 0.227. The highest BCUT2D eigenvalue weighted by molar-refractivity contribution is 6.46. The topological polar surface area (TPSA) is 138 Å². The number of aliphatic carboxylic acids is 1. The van der Waals surface area contributed by atoms with Gasteiger partial charge in [-0.25, -0.2) is 0 Å². The maximum Gasteiger partial charge on any atom is 0.303 e. The lowest BCUT2D eigenvalue weighted by atomic mass is 9.95. The number of non-ortho nitro benzene ring substituents is 1. The Labute approximate surface area is 177 Å². The van der Waals surface area contributed by atoms with Crippen molar-refractivity contribution in [1.29, 1.82) is 0 Å². The number of rotatable bonds is 7. The fourth-order valence-electron chi connectivity index (χ4n) is 3.50. The molecule has 0 aromatic heterocycles. The molecule has 9 heteroatoms. The van der Waals surface area contributed by atoms with Gasteiger partial charge in [0.05, 0.1) is 16.5 Å². The highest BCUT2D eigenvalue weighted by Gasteiger charge is 2.45. The summed E-state index contributed by atoms with van der Waals surface area (Å²) >= 11 is 0. The quantitative estimate of drug-likeness (QED) is 0.229. The summed E-state index contributed by atoms with van der Waals surface area (Å²) in [7, 11) is 0. The normalized spacial score (nSPS) is 17.7. The Balaban J connectivity index is 2.10. The van der Waals surface area contributed by atoms with E-state index < -0.39 is 28.6 Å². The van der Waals surface area contributed by atoms with Gasteiger partial charge in [0, 0.05) is 30.7 Å². The van der Waals surface area contributed by atoms with Crippen molar-refractivity contribution >= 4 is 29.1 Å². The summed E-state index contributed by atoms with van der Waals surface area (Å²) in [6, 6.07) is 11.1. The Kier molecular flexibility index (Phi) is 6.15. The number of likely N-dealkylation sites (tertiary alicyclic amines) is 1. The average molecular weight is 424 g/mol. The second kappa shape index (κ2) is 8.78. The minimum Gasteiger partial charge on any atom is -0.507 e. The summed E-state index contributed by atoms with van der Waals surface area (Å²) < 4.78 is 0. The third-order valence-electron chi connectivity index (χ3n) is 5.07. The van der Waals surface area contributed by atoms with Crippen LogP contribution in [0.15, 0.2) is 54.1 Å². The summed E-state index contributed by atoms with van der Waals surface area (Å²) in [5.74, 6) is -3.15. The summed E-state index contributed by atoms with van der Waals surface area (Å²) in [6.45, 7) is 1.84. The number of Topliss-reactive ketones (excluding diaryl/α,β-unsaturated/α-hetero) is 1. The first-order chi connectivity index (χ1) is 14.7. The Bertz CT molecular complexity index is 1070. The first kappa shape index (κ1) is 21.7. The summed E-state index contributed by atoms with van der Waals surface area (Å²) in [4.78, 5) is 48.0. The van der Waals surface area contributed by atoms with Crippen molar-refractivity contribution in [3.8, 4) is 0 Å². The third-order valence-corrected chi connectivity index (χ3v) is 5.07. The summed E-state index contributed by atoms with van der Waals surface area (Å²) in [5.41, 5.74) is 1.38. The van der Waals surface area contributed by atoms with E-state index in [1.807, 2.05) is 6.92 Å². The van der Waals surface area contributed by atoms with Crippen LogP contribution in [0.5, 0.6) is 0 Å². The first-order valence-electron chi connectivity index (χ1n) is 9.52. The zero-order valence-corrected chi connectivity index (χ0v) is 16.6. The van der Waals surface area contributed by atoms with Crippen molar-refractivity contribution in [1.82, 2.24) is 4.90 Å². The van der Waals surface area contributed by atoms with Gasteiger partial charge in [-0.1, -0.05) is 29.8 Å². The predicted molar refractivity (Wildman–Crippen MR) is 110 cm³/mol. The molecule has 2 aromatic carbocycles. The van der Waals surface area contributed by atoms with Gasteiger partial charge in [0.2, 0.25) is 0 Å². The van der Waals surface area contributed by atoms with Crippen LogP contribution in [-0.4, -0.2) is 44.2 Å².